The van der Waals surface area contributed by atoms with Gasteiger partial charge in [0.2, 0.25) is 0 Å². The molecule has 0 atom stereocenters. The summed E-state index contributed by atoms with van der Waals surface area (Å²) < 4.78 is 11.2. The highest BCUT2D eigenvalue weighted by Gasteiger charge is 2.15. The summed E-state index contributed by atoms with van der Waals surface area (Å²) in [4.78, 5) is 19.3. The fourth-order valence-corrected chi connectivity index (χ4v) is 3.34. The van der Waals surface area contributed by atoms with Gasteiger partial charge in [-0.05, 0) is 64.8 Å². The topological polar surface area (TPSA) is 67.6 Å². The second kappa shape index (κ2) is 7.09. The molecule has 4 rings (SSSR count). The number of nitrogens with zero attached hydrogens (tertiary/aromatic N) is 2. The highest BCUT2D eigenvalue weighted by Crippen LogP contribution is 2.26. The number of benzene rings is 1. The van der Waals surface area contributed by atoms with Crippen molar-refractivity contribution in [3.8, 4) is 0 Å². The smallest absolute Gasteiger partial charge is 0.291 e. The van der Waals surface area contributed by atoms with Gasteiger partial charge in [-0.25, -0.2) is 4.98 Å². The molecule has 6 nitrogen and oxygen atoms in total. The van der Waals surface area contributed by atoms with Gasteiger partial charge < -0.3 is 19.4 Å². The van der Waals surface area contributed by atoms with Crippen LogP contribution in [0.2, 0.25) is 0 Å². The molecule has 0 radical (unpaired) electrons. The lowest BCUT2D eigenvalue weighted by Crippen LogP contribution is -2.36. The van der Waals surface area contributed by atoms with Gasteiger partial charge in [-0.15, -0.1) is 0 Å². The van der Waals surface area contributed by atoms with Gasteiger partial charge >= 0.3 is 0 Å². The number of hydrogen-bond acceptors (Lipinski definition) is 5. The lowest BCUT2D eigenvalue weighted by atomic mass is 10.1. The molecule has 26 heavy (non-hydrogen) atoms. The average molecular weight is 416 g/mol. The van der Waals surface area contributed by atoms with Crippen LogP contribution in [0.3, 0.4) is 0 Å². The minimum Gasteiger partial charge on any atom is -0.444 e. The largest absolute Gasteiger partial charge is 0.444 e. The molecule has 1 aliphatic heterocycles. The highest BCUT2D eigenvalue weighted by molar-refractivity contribution is 9.10. The van der Waals surface area contributed by atoms with Crippen LogP contribution in [0.1, 0.15) is 16.1 Å². The van der Waals surface area contributed by atoms with E-state index in [9.17, 15) is 4.79 Å². The minimum absolute atomic E-state index is 0.259. The van der Waals surface area contributed by atoms with E-state index in [0.29, 0.717) is 10.4 Å². The van der Waals surface area contributed by atoms with Crippen LogP contribution in [0, 0.1) is 6.92 Å². The predicted octanol–water partition coefficient (Wildman–Crippen LogP) is 3.99. The molecule has 1 aliphatic rings. The average Bonchev–Trinajstić information content (AvgIpc) is 3.09. The summed E-state index contributed by atoms with van der Waals surface area (Å²) in [5.41, 5.74) is 2.73. The zero-order valence-corrected chi connectivity index (χ0v) is 15.9. The molecule has 0 bridgehead atoms. The Morgan fingerprint density at radius 3 is 2.73 bits per heavy atom. The Morgan fingerprint density at radius 2 is 2.00 bits per heavy atom. The third-order valence-electron chi connectivity index (χ3n) is 4.39. The molecule has 134 valence electrons. The number of carbonyl (C=O) groups excluding carboxylic acids is 1. The van der Waals surface area contributed by atoms with Gasteiger partial charge in [0.05, 0.1) is 18.7 Å². The highest BCUT2D eigenvalue weighted by atomic mass is 79.9. The maximum absolute atomic E-state index is 12.2. The van der Waals surface area contributed by atoms with E-state index in [0.717, 1.165) is 48.6 Å². The summed E-state index contributed by atoms with van der Waals surface area (Å²) in [6, 6.07) is 11.1. The summed E-state index contributed by atoms with van der Waals surface area (Å²) in [5.74, 6) is 0.940. The molecule has 3 aromatic rings. The Kier molecular flexibility index (Phi) is 4.65. The summed E-state index contributed by atoms with van der Waals surface area (Å²) in [7, 11) is 0. The lowest BCUT2D eigenvalue weighted by Gasteiger charge is -2.28. The SMILES string of the molecule is Cc1cc(N2CCOCC2)nc2ccc(NC(=O)c3ccc(Br)o3)cc12. The van der Waals surface area contributed by atoms with Crippen LogP contribution < -0.4 is 10.2 Å². The van der Waals surface area contributed by atoms with Crippen molar-refractivity contribution >= 4 is 44.2 Å². The molecule has 1 saturated heterocycles. The number of halogens is 1. The fourth-order valence-electron chi connectivity index (χ4n) is 3.04. The number of amides is 1. The molecule has 7 heteroatoms. The number of furan rings is 1. The van der Waals surface area contributed by atoms with Crippen LogP contribution in [0.5, 0.6) is 0 Å². The van der Waals surface area contributed by atoms with Crippen LogP contribution in [-0.2, 0) is 4.74 Å². The second-order valence-corrected chi connectivity index (χ2v) is 6.97. The number of pyridine rings is 1. The van der Waals surface area contributed by atoms with Crippen molar-refractivity contribution in [2.24, 2.45) is 0 Å². The van der Waals surface area contributed by atoms with E-state index in [2.05, 4.69) is 39.1 Å². The first-order valence-electron chi connectivity index (χ1n) is 8.41. The lowest BCUT2D eigenvalue weighted by molar-refractivity contribution is 0.0995. The zero-order valence-electron chi connectivity index (χ0n) is 14.3. The number of aromatic nitrogens is 1. The molecular formula is C19H18BrN3O3. The van der Waals surface area contributed by atoms with Crippen molar-refractivity contribution in [3.05, 3.63) is 52.4 Å². The van der Waals surface area contributed by atoms with Gasteiger partial charge in [-0.3, -0.25) is 4.79 Å². The van der Waals surface area contributed by atoms with Crippen molar-refractivity contribution in [2.45, 2.75) is 6.92 Å². The second-order valence-electron chi connectivity index (χ2n) is 6.19. The van der Waals surface area contributed by atoms with E-state index in [1.165, 1.54) is 0 Å². The summed E-state index contributed by atoms with van der Waals surface area (Å²) in [6.07, 6.45) is 0. The first kappa shape index (κ1) is 17.1. The molecule has 0 aliphatic carbocycles. The van der Waals surface area contributed by atoms with Gasteiger partial charge in [0.15, 0.2) is 10.4 Å². The Hall–Kier alpha value is -2.38. The Bertz CT molecular complexity index is 964. The van der Waals surface area contributed by atoms with E-state index >= 15 is 0 Å². The van der Waals surface area contributed by atoms with Gasteiger partial charge in [0.1, 0.15) is 5.82 Å². The third kappa shape index (κ3) is 3.45. The van der Waals surface area contributed by atoms with Gasteiger partial charge in [-0.1, -0.05) is 0 Å². The van der Waals surface area contributed by atoms with Crippen molar-refractivity contribution in [1.82, 2.24) is 4.98 Å². The monoisotopic (exact) mass is 415 g/mol. The minimum atomic E-state index is -0.286. The van der Waals surface area contributed by atoms with Crippen LogP contribution >= 0.6 is 15.9 Å². The molecule has 0 unspecified atom stereocenters. The maximum atomic E-state index is 12.2. The number of carbonyl (C=O) groups is 1. The predicted molar refractivity (Wildman–Crippen MR) is 104 cm³/mol. The van der Waals surface area contributed by atoms with Crippen molar-refractivity contribution < 1.29 is 13.9 Å². The number of anilines is 2. The van der Waals surface area contributed by atoms with Gasteiger partial charge in [0.25, 0.3) is 5.91 Å². The molecule has 1 fully saturated rings. The number of aryl methyl sites for hydroxylation is 1. The van der Waals surface area contributed by atoms with Crippen molar-refractivity contribution in [1.29, 1.82) is 0 Å². The summed E-state index contributed by atoms with van der Waals surface area (Å²) in [6.45, 7) is 5.22. The van der Waals surface area contributed by atoms with Gasteiger partial charge in [-0.2, -0.15) is 0 Å². The number of rotatable bonds is 3. The third-order valence-corrected chi connectivity index (χ3v) is 4.82. The van der Waals surface area contributed by atoms with Crippen LogP contribution in [0.15, 0.2) is 45.5 Å². The Balaban J connectivity index is 1.60. The first-order valence-corrected chi connectivity index (χ1v) is 9.20. The zero-order chi connectivity index (χ0) is 18.1. The standard InChI is InChI=1S/C19H18BrN3O3/c1-12-10-18(23-6-8-25-9-7-23)22-15-3-2-13(11-14(12)15)21-19(24)16-4-5-17(20)26-16/h2-5,10-11H,6-9H2,1H3,(H,21,24). The van der Waals surface area contributed by atoms with E-state index in [1.807, 2.05) is 18.2 Å². The van der Waals surface area contributed by atoms with Crippen molar-refractivity contribution in [2.75, 3.05) is 36.5 Å². The van der Waals surface area contributed by atoms with Crippen LogP contribution in [0.25, 0.3) is 10.9 Å². The first-order chi connectivity index (χ1) is 12.6. The molecule has 1 amide bonds. The van der Waals surface area contributed by atoms with E-state index in [-0.39, 0.29) is 11.7 Å². The summed E-state index contributed by atoms with van der Waals surface area (Å²) in [5, 5.41) is 3.87. The molecule has 0 saturated carbocycles. The number of hydrogen-bond donors (Lipinski definition) is 1. The summed E-state index contributed by atoms with van der Waals surface area (Å²) >= 11 is 3.20. The quantitative estimate of drug-likeness (QED) is 0.700. The fraction of sp³-hybridized carbons (Fsp3) is 0.263. The number of fused-ring (bicyclic) bond motifs is 1. The van der Waals surface area contributed by atoms with E-state index in [1.54, 1.807) is 12.1 Å². The normalized spacial score (nSPS) is 14.6. The molecule has 0 spiro atoms. The number of nitrogens with one attached hydrogen (secondary N) is 1. The number of morpholine rings is 1. The molecule has 3 heterocycles. The van der Waals surface area contributed by atoms with Crippen LogP contribution in [0.4, 0.5) is 11.5 Å². The van der Waals surface area contributed by atoms with Crippen LogP contribution in [-0.4, -0.2) is 37.2 Å². The molecule has 1 N–H and O–H groups in total. The maximum Gasteiger partial charge on any atom is 0.291 e. The van der Waals surface area contributed by atoms with E-state index < -0.39 is 0 Å². The van der Waals surface area contributed by atoms with E-state index in [4.69, 9.17) is 14.1 Å². The van der Waals surface area contributed by atoms with Gasteiger partial charge in [0, 0.05) is 24.2 Å². The Labute approximate surface area is 159 Å². The number of ether oxygens (including phenoxy) is 1. The molecule has 1 aromatic carbocycles. The van der Waals surface area contributed by atoms with Crippen molar-refractivity contribution in [3.63, 3.8) is 0 Å². The Morgan fingerprint density at radius 1 is 1.19 bits per heavy atom. The molecule has 2 aromatic heterocycles. The molecular weight excluding hydrogens is 398 g/mol.